The molecule has 68 valence electrons. The molecule has 3 heteroatoms. The molecule has 0 aliphatic carbocycles. The van der Waals surface area contributed by atoms with Gasteiger partial charge in [-0.3, -0.25) is 0 Å². The van der Waals surface area contributed by atoms with Crippen LogP contribution in [0.2, 0.25) is 0 Å². The number of H-pyrrole nitrogens is 1. The van der Waals surface area contributed by atoms with E-state index in [1.807, 2.05) is 25.0 Å². The number of aromatic amines is 1. The summed E-state index contributed by atoms with van der Waals surface area (Å²) in [5, 5.41) is 3.31. The molecule has 2 N–H and O–H groups in total. The Morgan fingerprint density at radius 2 is 2.50 bits per heavy atom. The zero-order valence-electron chi connectivity index (χ0n) is 7.63. The van der Waals surface area contributed by atoms with E-state index in [1.165, 1.54) is 17.7 Å². The van der Waals surface area contributed by atoms with E-state index in [2.05, 4.69) is 28.8 Å². The number of hydrogen-bond acceptors (Lipinski definition) is 2. The SMILES string of the molecule is CNC(CCSC)c1cc[nH]c1. The van der Waals surface area contributed by atoms with Crippen LogP contribution in [0.5, 0.6) is 0 Å². The van der Waals surface area contributed by atoms with Gasteiger partial charge in [-0.15, -0.1) is 0 Å². The van der Waals surface area contributed by atoms with E-state index in [0.29, 0.717) is 6.04 Å². The van der Waals surface area contributed by atoms with Gasteiger partial charge in [-0.2, -0.15) is 11.8 Å². The lowest BCUT2D eigenvalue weighted by atomic mass is 10.1. The highest BCUT2D eigenvalue weighted by molar-refractivity contribution is 7.98. The summed E-state index contributed by atoms with van der Waals surface area (Å²) in [6.45, 7) is 0. The third kappa shape index (κ3) is 2.57. The van der Waals surface area contributed by atoms with Crippen LogP contribution in [-0.4, -0.2) is 24.0 Å². The van der Waals surface area contributed by atoms with E-state index in [-0.39, 0.29) is 0 Å². The maximum absolute atomic E-state index is 3.31. The van der Waals surface area contributed by atoms with Crippen LogP contribution in [0.3, 0.4) is 0 Å². The molecule has 2 nitrogen and oxygen atoms in total. The number of hydrogen-bond donors (Lipinski definition) is 2. The Labute approximate surface area is 78.1 Å². The van der Waals surface area contributed by atoms with Crippen molar-refractivity contribution in [1.29, 1.82) is 0 Å². The maximum atomic E-state index is 3.31. The third-order valence-corrected chi connectivity index (χ3v) is 2.63. The quantitative estimate of drug-likeness (QED) is 0.733. The fourth-order valence-corrected chi connectivity index (χ4v) is 1.74. The molecular weight excluding hydrogens is 168 g/mol. The average Bonchev–Trinajstić information content (AvgIpc) is 2.59. The molecule has 1 rings (SSSR count). The summed E-state index contributed by atoms with van der Waals surface area (Å²) >= 11 is 1.89. The van der Waals surface area contributed by atoms with E-state index in [1.54, 1.807) is 0 Å². The van der Waals surface area contributed by atoms with Gasteiger partial charge in [-0.1, -0.05) is 0 Å². The Bertz CT molecular complexity index is 196. The molecule has 0 bridgehead atoms. The summed E-state index contributed by atoms with van der Waals surface area (Å²) in [6.07, 6.45) is 7.36. The van der Waals surface area contributed by atoms with Gasteiger partial charge in [0.2, 0.25) is 0 Å². The Balaban J connectivity index is 2.45. The number of rotatable bonds is 5. The molecular formula is C9H16N2S. The van der Waals surface area contributed by atoms with Crippen LogP contribution in [0.1, 0.15) is 18.0 Å². The van der Waals surface area contributed by atoms with Crippen molar-refractivity contribution < 1.29 is 0 Å². The fraction of sp³-hybridized carbons (Fsp3) is 0.556. The summed E-state index contributed by atoms with van der Waals surface area (Å²) < 4.78 is 0. The lowest BCUT2D eigenvalue weighted by Gasteiger charge is -2.13. The Morgan fingerprint density at radius 3 is 3.00 bits per heavy atom. The van der Waals surface area contributed by atoms with Crippen molar-refractivity contribution in [3.8, 4) is 0 Å². The van der Waals surface area contributed by atoms with Crippen molar-refractivity contribution in [1.82, 2.24) is 10.3 Å². The first-order valence-corrected chi connectivity index (χ1v) is 5.56. The van der Waals surface area contributed by atoms with Crippen molar-refractivity contribution in [3.05, 3.63) is 24.0 Å². The van der Waals surface area contributed by atoms with Gasteiger partial charge >= 0.3 is 0 Å². The molecule has 0 aromatic carbocycles. The third-order valence-electron chi connectivity index (χ3n) is 1.98. The average molecular weight is 184 g/mol. The van der Waals surface area contributed by atoms with Gasteiger partial charge in [0.25, 0.3) is 0 Å². The summed E-state index contributed by atoms with van der Waals surface area (Å²) in [5.41, 5.74) is 1.35. The lowest BCUT2D eigenvalue weighted by Crippen LogP contribution is -2.16. The van der Waals surface area contributed by atoms with Crippen molar-refractivity contribution in [3.63, 3.8) is 0 Å². The Morgan fingerprint density at radius 1 is 1.67 bits per heavy atom. The highest BCUT2D eigenvalue weighted by Crippen LogP contribution is 2.16. The standard InChI is InChI=1S/C9H16N2S/c1-10-9(4-6-12-2)8-3-5-11-7-8/h3,5,7,9-11H,4,6H2,1-2H3. The number of nitrogens with one attached hydrogen (secondary N) is 2. The minimum Gasteiger partial charge on any atom is -0.367 e. The summed E-state index contributed by atoms with van der Waals surface area (Å²) in [7, 11) is 2.01. The van der Waals surface area contributed by atoms with Gasteiger partial charge in [0.05, 0.1) is 0 Å². The largest absolute Gasteiger partial charge is 0.367 e. The number of aromatic nitrogens is 1. The van der Waals surface area contributed by atoms with E-state index in [9.17, 15) is 0 Å². The van der Waals surface area contributed by atoms with E-state index in [0.717, 1.165) is 0 Å². The molecule has 0 fully saturated rings. The minimum atomic E-state index is 0.503. The minimum absolute atomic E-state index is 0.503. The highest BCUT2D eigenvalue weighted by Gasteiger charge is 2.07. The first kappa shape index (κ1) is 9.68. The van der Waals surface area contributed by atoms with Gasteiger partial charge < -0.3 is 10.3 Å². The Kier molecular flexibility index (Phi) is 4.25. The van der Waals surface area contributed by atoms with Gasteiger partial charge in [0.1, 0.15) is 0 Å². The highest BCUT2D eigenvalue weighted by atomic mass is 32.2. The predicted molar refractivity (Wildman–Crippen MR) is 55.6 cm³/mol. The van der Waals surface area contributed by atoms with Crippen LogP contribution >= 0.6 is 11.8 Å². The fourth-order valence-electron chi connectivity index (χ4n) is 1.27. The molecule has 0 saturated heterocycles. The molecule has 0 aliphatic rings. The molecule has 1 heterocycles. The molecule has 0 amide bonds. The molecule has 1 aromatic rings. The second-order valence-corrected chi connectivity index (χ2v) is 3.75. The molecule has 1 aromatic heterocycles. The first-order valence-electron chi connectivity index (χ1n) is 4.17. The van der Waals surface area contributed by atoms with Crippen LogP contribution in [-0.2, 0) is 0 Å². The molecule has 0 saturated carbocycles. The number of thioether (sulfide) groups is 1. The van der Waals surface area contributed by atoms with Crippen molar-refractivity contribution in [2.75, 3.05) is 19.1 Å². The molecule has 0 aliphatic heterocycles. The summed E-state index contributed by atoms with van der Waals surface area (Å²) in [4.78, 5) is 3.07. The van der Waals surface area contributed by atoms with Crippen molar-refractivity contribution in [2.45, 2.75) is 12.5 Å². The zero-order valence-corrected chi connectivity index (χ0v) is 8.45. The molecule has 1 unspecified atom stereocenters. The maximum Gasteiger partial charge on any atom is 0.0340 e. The zero-order chi connectivity index (χ0) is 8.81. The van der Waals surface area contributed by atoms with Crippen LogP contribution in [0, 0.1) is 0 Å². The van der Waals surface area contributed by atoms with Crippen LogP contribution < -0.4 is 5.32 Å². The van der Waals surface area contributed by atoms with Crippen LogP contribution in [0.15, 0.2) is 18.5 Å². The summed E-state index contributed by atoms with van der Waals surface area (Å²) in [6, 6.07) is 2.63. The first-order chi connectivity index (χ1) is 5.88. The Hall–Kier alpha value is -0.410. The molecule has 1 atom stereocenters. The van der Waals surface area contributed by atoms with Gasteiger partial charge in [0.15, 0.2) is 0 Å². The molecule has 12 heavy (non-hydrogen) atoms. The topological polar surface area (TPSA) is 27.8 Å². The van der Waals surface area contributed by atoms with Crippen LogP contribution in [0.4, 0.5) is 0 Å². The smallest absolute Gasteiger partial charge is 0.0340 e. The van der Waals surface area contributed by atoms with Gasteiger partial charge in [-0.05, 0) is 37.1 Å². The predicted octanol–water partition coefficient (Wildman–Crippen LogP) is 2.03. The van der Waals surface area contributed by atoms with E-state index >= 15 is 0 Å². The second-order valence-electron chi connectivity index (χ2n) is 2.77. The van der Waals surface area contributed by atoms with Gasteiger partial charge in [-0.25, -0.2) is 0 Å². The monoisotopic (exact) mass is 184 g/mol. The van der Waals surface area contributed by atoms with Gasteiger partial charge in [0, 0.05) is 18.4 Å². The molecule has 0 spiro atoms. The lowest BCUT2D eigenvalue weighted by molar-refractivity contribution is 0.582. The second kappa shape index (κ2) is 5.27. The van der Waals surface area contributed by atoms with Crippen molar-refractivity contribution in [2.24, 2.45) is 0 Å². The molecule has 0 radical (unpaired) electrons. The summed E-state index contributed by atoms with van der Waals surface area (Å²) in [5.74, 6) is 1.21. The normalized spacial score (nSPS) is 13.2. The van der Waals surface area contributed by atoms with E-state index < -0.39 is 0 Å². The van der Waals surface area contributed by atoms with Crippen molar-refractivity contribution >= 4 is 11.8 Å². The van der Waals surface area contributed by atoms with Crippen LogP contribution in [0.25, 0.3) is 0 Å². The van der Waals surface area contributed by atoms with E-state index in [4.69, 9.17) is 0 Å².